The van der Waals surface area contributed by atoms with Crippen LogP contribution in [0, 0.1) is 21.7 Å². The molecule has 1 fully saturated rings. The number of halogens is 2. The van der Waals surface area contributed by atoms with Gasteiger partial charge in [0.1, 0.15) is 5.82 Å². The predicted molar refractivity (Wildman–Crippen MR) is 67.4 cm³/mol. The van der Waals surface area contributed by atoms with Gasteiger partial charge in [0.05, 0.1) is 10.5 Å². The molecule has 1 aliphatic rings. The monoisotopic (exact) mass is 284 g/mol. The van der Waals surface area contributed by atoms with Crippen LogP contribution in [0.3, 0.4) is 0 Å². The van der Waals surface area contributed by atoms with Crippen LogP contribution in [0.2, 0.25) is 0 Å². The van der Waals surface area contributed by atoms with Gasteiger partial charge in [-0.3, -0.25) is 14.9 Å². The Kier molecular flexibility index (Phi) is 4.26. The van der Waals surface area contributed by atoms with Crippen molar-refractivity contribution in [2.24, 2.45) is 0 Å². The second-order valence-electron chi connectivity index (χ2n) is 4.75. The number of rotatable bonds is 2. The van der Waals surface area contributed by atoms with Crippen LogP contribution in [-0.4, -0.2) is 28.8 Å². The second kappa shape index (κ2) is 5.94. The SMILES string of the molecule is O=C(c1cc([N+](=O)[O-])c(F)cc1F)N1CCCCCC1. The Bertz CT molecular complexity index is 541. The van der Waals surface area contributed by atoms with Gasteiger partial charge >= 0.3 is 5.69 Å². The molecule has 0 saturated carbocycles. The number of nitro benzene ring substituents is 1. The molecule has 2 rings (SSSR count). The minimum Gasteiger partial charge on any atom is -0.339 e. The number of hydrogen-bond donors (Lipinski definition) is 0. The van der Waals surface area contributed by atoms with E-state index in [2.05, 4.69) is 0 Å². The maximum Gasteiger partial charge on any atom is 0.305 e. The first-order valence-electron chi connectivity index (χ1n) is 6.43. The number of likely N-dealkylation sites (tertiary alicyclic amines) is 1. The number of hydrogen-bond acceptors (Lipinski definition) is 3. The number of benzene rings is 1. The van der Waals surface area contributed by atoms with Crippen LogP contribution < -0.4 is 0 Å². The maximum absolute atomic E-state index is 13.7. The van der Waals surface area contributed by atoms with Gasteiger partial charge in [0.15, 0.2) is 0 Å². The molecule has 0 spiro atoms. The van der Waals surface area contributed by atoms with Gasteiger partial charge in [-0.15, -0.1) is 0 Å². The molecule has 0 unspecified atom stereocenters. The minimum atomic E-state index is -1.28. The van der Waals surface area contributed by atoms with Gasteiger partial charge < -0.3 is 4.90 Å². The van der Waals surface area contributed by atoms with E-state index in [0.717, 1.165) is 25.7 Å². The normalized spacial score (nSPS) is 15.8. The summed E-state index contributed by atoms with van der Waals surface area (Å²) in [5.74, 6) is -2.96. The molecule has 5 nitrogen and oxygen atoms in total. The van der Waals surface area contributed by atoms with E-state index in [1.807, 2.05) is 0 Å². The van der Waals surface area contributed by atoms with Crippen LogP contribution in [-0.2, 0) is 0 Å². The van der Waals surface area contributed by atoms with E-state index >= 15 is 0 Å². The van der Waals surface area contributed by atoms with Crippen LogP contribution in [0.4, 0.5) is 14.5 Å². The molecule has 0 aliphatic carbocycles. The summed E-state index contributed by atoms with van der Waals surface area (Å²) in [6.45, 7) is 0.979. The summed E-state index contributed by atoms with van der Waals surface area (Å²) in [6, 6.07) is 1.07. The van der Waals surface area contributed by atoms with E-state index in [1.165, 1.54) is 4.90 Å². The molecule has 1 heterocycles. The standard InChI is InChI=1S/C13H14F2N2O3/c14-10-8-11(15)12(17(19)20)7-9(10)13(18)16-5-3-1-2-4-6-16/h7-8H,1-6H2. The molecule has 1 saturated heterocycles. The number of carbonyl (C=O) groups excluding carboxylic acids is 1. The molecule has 108 valence electrons. The Labute approximate surface area is 114 Å². The van der Waals surface area contributed by atoms with Crippen LogP contribution in [0.15, 0.2) is 12.1 Å². The molecule has 0 atom stereocenters. The molecule has 20 heavy (non-hydrogen) atoms. The third kappa shape index (κ3) is 2.92. The summed E-state index contributed by atoms with van der Waals surface area (Å²) >= 11 is 0. The molecule has 1 amide bonds. The number of nitro groups is 1. The van der Waals surface area contributed by atoms with Gasteiger partial charge in [0, 0.05) is 25.2 Å². The maximum atomic E-state index is 13.7. The lowest BCUT2D eigenvalue weighted by atomic mass is 10.1. The summed E-state index contributed by atoms with van der Waals surface area (Å²) in [7, 11) is 0. The fourth-order valence-corrected chi connectivity index (χ4v) is 2.29. The van der Waals surface area contributed by atoms with Crippen molar-refractivity contribution >= 4 is 11.6 Å². The molecule has 0 aromatic heterocycles. The van der Waals surface area contributed by atoms with Gasteiger partial charge in [-0.05, 0) is 12.8 Å². The summed E-state index contributed by atoms with van der Waals surface area (Å²) in [5.41, 5.74) is -1.33. The topological polar surface area (TPSA) is 63.4 Å². The van der Waals surface area contributed by atoms with E-state index < -0.39 is 33.7 Å². The number of carbonyl (C=O) groups is 1. The van der Waals surface area contributed by atoms with Gasteiger partial charge in [-0.1, -0.05) is 12.8 Å². The van der Waals surface area contributed by atoms with Gasteiger partial charge in [0.2, 0.25) is 5.82 Å². The van der Waals surface area contributed by atoms with Crippen LogP contribution in [0.5, 0.6) is 0 Å². The summed E-state index contributed by atoms with van der Waals surface area (Å²) in [4.78, 5) is 23.4. The van der Waals surface area contributed by atoms with Crippen LogP contribution in [0.1, 0.15) is 36.0 Å². The zero-order chi connectivity index (χ0) is 14.7. The van der Waals surface area contributed by atoms with Gasteiger partial charge in [-0.25, -0.2) is 4.39 Å². The third-order valence-electron chi connectivity index (χ3n) is 3.36. The van der Waals surface area contributed by atoms with E-state index in [4.69, 9.17) is 0 Å². The molecular formula is C13H14F2N2O3. The van der Waals surface area contributed by atoms with Gasteiger partial charge in [0.25, 0.3) is 5.91 Å². The highest BCUT2D eigenvalue weighted by Gasteiger charge is 2.25. The van der Waals surface area contributed by atoms with Crippen molar-refractivity contribution in [1.82, 2.24) is 4.90 Å². The predicted octanol–water partition coefficient (Wildman–Crippen LogP) is 2.89. The molecular weight excluding hydrogens is 270 g/mol. The summed E-state index contributed by atoms with van der Waals surface area (Å²) in [6.07, 6.45) is 3.62. The number of amides is 1. The Balaban J connectivity index is 2.33. The lowest BCUT2D eigenvalue weighted by molar-refractivity contribution is -0.387. The average molecular weight is 284 g/mol. The molecule has 0 N–H and O–H groups in total. The lowest BCUT2D eigenvalue weighted by Crippen LogP contribution is -2.32. The van der Waals surface area contributed by atoms with E-state index in [9.17, 15) is 23.7 Å². The van der Waals surface area contributed by atoms with Gasteiger partial charge in [-0.2, -0.15) is 4.39 Å². The van der Waals surface area contributed by atoms with Crippen molar-refractivity contribution in [3.05, 3.63) is 39.4 Å². The van der Waals surface area contributed by atoms with Crippen LogP contribution >= 0.6 is 0 Å². The Morgan fingerprint density at radius 1 is 1.10 bits per heavy atom. The first-order chi connectivity index (χ1) is 9.50. The van der Waals surface area contributed by atoms with Crippen molar-refractivity contribution in [2.45, 2.75) is 25.7 Å². The summed E-state index contributed by atoms with van der Waals surface area (Å²) < 4.78 is 26.9. The Morgan fingerprint density at radius 2 is 1.70 bits per heavy atom. The quantitative estimate of drug-likeness (QED) is 0.619. The molecule has 1 aromatic carbocycles. The highest BCUT2D eigenvalue weighted by Crippen LogP contribution is 2.23. The van der Waals surface area contributed by atoms with Crippen molar-refractivity contribution in [3.63, 3.8) is 0 Å². The van der Waals surface area contributed by atoms with Crippen molar-refractivity contribution in [1.29, 1.82) is 0 Å². The summed E-state index contributed by atoms with van der Waals surface area (Å²) in [5, 5.41) is 10.7. The fraction of sp³-hybridized carbons (Fsp3) is 0.462. The first kappa shape index (κ1) is 14.4. The number of nitrogens with zero attached hydrogens (tertiary/aromatic N) is 2. The van der Waals surface area contributed by atoms with E-state index in [1.54, 1.807) is 0 Å². The highest BCUT2D eigenvalue weighted by atomic mass is 19.1. The molecule has 1 aromatic rings. The van der Waals surface area contributed by atoms with Crippen molar-refractivity contribution in [3.8, 4) is 0 Å². The first-order valence-corrected chi connectivity index (χ1v) is 6.43. The van der Waals surface area contributed by atoms with E-state index in [0.29, 0.717) is 25.2 Å². The average Bonchev–Trinajstić information content (AvgIpc) is 2.66. The molecule has 0 bridgehead atoms. The van der Waals surface area contributed by atoms with Crippen LogP contribution in [0.25, 0.3) is 0 Å². The lowest BCUT2D eigenvalue weighted by Gasteiger charge is -2.20. The fourth-order valence-electron chi connectivity index (χ4n) is 2.29. The largest absolute Gasteiger partial charge is 0.339 e. The minimum absolute atomic E-state index is 0.392. The molecule has 0 radical (unpaired) electrons. The zero-order valence-electron chi connectivity index (χ0n) is 10.8. The van der Waals surface area contributed by atoms with E-state index in [-0.39, 0.29) is 0 Å². The Hall–Kier alpha value is -2.05. The van der Waals surface area contributed by atoms with Crippen molar-refractivity contribution in [2.75, 3.05) is 13.1 Å². The molecule has 1 aliphatic heterocycles. The zero-order valence-corrected chi connectivity index (χ0v) is 10.8. The Morgan fingerprint density at radius 3 is 2.25 bits per heavy atom. The molecule has 7 heteroatoms. The van der Waals surface area contributed by atoms with Crippen molar-refractivity contribution < 1.29 is 18.5 Å². The third-order valence-corrected chi connectivity index (χ3v) is 3.36. The highest BCUT2D eigenvalue weighted by molar-refractivity contribution is 5.95. The second-order valence-corrected chi connectivity index (χ2v) is 4.75. The smallest absolute Gasteiger partial charge is 0.305 e.